The van der Waals surface area contributed by atoms with Gasteiger partial charge in [0.1, 0.15) is 0 Å². The molecule has 1 aromatic rings. The third-order valence-electron chi connectivity index (χ3n) is 0.897. The molecular formula is C4H5N3O3S2. The van der Waals surface area contributed by atoms with Crippen LogP contribution >= 0.6 is 10.8 Å². The summed E-state index contributed by atoms with van der Waals surface area (Å²) in [5, 5.41) is 2.46. The summed E-state index contributed by atoms with van der Waals surface area (Å²) < 4.78 is 22.8. The summed E-state index contributed by atoms with van der Waals surface area (Å²) in [6, 6.07) is 1.43. The minimum atomic E-state index is -3.77. The molecule has 0 saturated carbocycles. The van der Waals surface area contributed by atoms with Gasteiger partial charge in [-0.05, 0) is 6.07 Å². The van der Waals surface area contributed by atoms with Crippen molar-refractivity contribution in [2.24, 2.45) is 5.73 Å². The first kappa shape index (κ1) is 9.07. The minimum Gasteiger partial charge on any atom is -0.360 e. The van der Waals surface area contributed by atoms with Gasteiger partial charge in [0, 0.05) is 6.20 Å². The van der Waals surface area contributed by atoms with Gasteiger partial charge in [-0.1, -0.05) is 0 Å². The lowest BCUT2D eigenvalue weighted by Gasteiger charge is -1.97. The molecule has 6 nitrogen and oxygen atoms in total. The molecule has 1 heterocycles. The van der Waals surface area contributed by atoms with Crippen molar-refractivity contribution < 1.29 is 13.2 Å². The van der Waals surface area contributed by atoms with E-state index in [4.69, 9.17) is 0 Å². The van der Waals surface area contributed by atoms with Crippen LogP contribution in [0.4, 0.5) is 4.79 Å². The van der Waals surface area contributed by atoms with Crippen LogP contribution in [0.3, 0.4) is 0 Å². The lowest BCUT2D eigenvalue weighted by molar-refractivity contribution is 0.267. The monoisotopic (exact) mass is 207 g/mol. The number of nitrogens with zero attached hydrogens (tertiary/aromatic N) is 2. The predicted molar refractivity (Wildman–Crippen MR) is 43.7 cm³/mol. The molecule has 8 heteroatoms. The maximum absolute atomic E-state index is 11.1. The smallest absolute Gasteiger partial charge is 0.316 e. The zero-order chi connectivity index (χ0) is 9.19. The summed E-state index contributed by atoms with van der Waals surface area (Å²) in [7, 11) is -3.74. The maximum Gasteiger partial charge on any atom is 0.316 e. The van der Waals surface area contributed by atoms with Crippen LogP contribution in [0.15, 0.2) is 18.5 Å². The highest BCUT2D eigenvalue weighted by atomic mass is 33.1. The Morgan fingerprint density at radius 3 is 2.67 bits per heavy atom. The van der Waals surface area contributed by atoms with Gasteiger partial charge >= 0.3 is 9.06 Å². The van der Waals surface area contributed by atoms with E-state index in [0.29, 0.717) is 4.09 Å². The van der Waals surface area contributed by atoms with Gasteiger partial charge in [-0.2, -0.15) is 17.6 Å². The first-order chi connectivity index (χ1) is 5.52. The van der Waals surface area contributed by atoms with Crippen LogP contribution in [-0.2, 0) is 9.06 Å². The quantitative estimate of drug-likeness (QED) is 0.677. The van der Waals surface area contributed by atoms with Gasteiger partial charge in [-0.25, -0.2) is 0 Å². The summed E-state index contributed by atoms with van der Waals surface area (Å²) in [6.45, 7) is 0. The molecule has 0 aliphatic heterocycles. The maximum atomic E-state index is 11.1. The predicted octanol–water partition coefficient (Wildman–Crippen LogP) is -0.212. The van der Waals surface area contributed by atoms with Crippen molar-refractivity contribution in [1.82, 2.24) is 9.19 Å². The molecule has 0 unspecified atom stereocenters. The SMILES string of the molecule is NC(=O)SS(=O)(=O)n1cccn1. The molecule has 0 aliphatic carbocycles. The van der Waals surface area contributed by atoms with Gasteiger partial charge in [-0.15, -0.1) is 0 Å². The fraction of sp³-hybridized carbons (Fsp3) is 0. The first-order valence-corrected chi connectivity index (χ1v) is 5.54. The summed E-state index contributed by atoms with van der Waals surface area (Å²) in [4.78, 5) is 10.3. The van der Waals surface area contributed by atoms with Crippen LogP contribution in [0.1, 0.15) is 0 Å². The van der Waals surface area contributed by atoms with Crippen LogP contribution in [-0.4, -0.2) is 22.8 Å². The summed E-state index contributed by atoms with van der Waals surface area (Å²) >= 11 is 0. The number of carbonyl (C=O) groups excluding carboxylic acids is 1. The average Bonchev–Trinajstić information content (AvgIpc) is 2.32. The van der Waals surface area contributed by atoms with Crippen LogP contribution in [0.5, 0.6) is 0 Å². The van der Waals surface area contributed by atoms with Crippen LogP contribution in [0.2, 0.25) is 0 Å². The van der Waals surface area contributed by atoms with Crippen LogP contribution in [0.25, 0.3) is 0 Å². The Labute approximate surface area is 72.2 Å². The molecule has 2 N–H and O–H groups in total. The molecule has 1 rings (SSSR count). The summed E-state index contributed by atoms with van der Waals surface area (Å²) in [5.41, 5.74) is 4.69. The molecule has 0 fully saturated rings. The number of amides is 1. The normalized spacial score (nSPS) is 11.3. The van der Waals surface area contributed by atoms with Crippen molar-refractivity contribution in [3.63, 3.8) is 0 Å². The third-order valence-corrected chi connectivity index (χ3v) is 3.53. The Balaban J connectivity index is 2.96. The second-order valence-electron chi connectivity index (χ2n) is 1.74. The highest BCUT2D eigenvalue weighted by molar-refractivity contribution is 8.77. The van der Waals surface area contributed by atoms with Gasteiger partial charge in [-0.3, -0.25) is 4.79 Å². The molecule has 1 amide bonds. The van der Waals surface area contributed by atoms with Crippen molar-refractivity contribution in [3.8, 4) is 0 Å². The number of rotatable bonds is 2. The number of aromatic nitrogens is 2. The van der Waals surface area contributed by atoms with E-state index >= 15 is 0 Å². The minimum absolute atomic E-state index is 0.0260. The second kappa shape index (κ2) is 3.15. The number of hydrogen-bond acceptors (Lipinski definition) is 5. The van der Waals surface area contributed by atoms with Gasteiger partial charge < -0.3 is 5.73 Å². The van der Waals surface area contributed by atoms with Gasteiger partial charge in [0.05, 0.1) is 17.0 Å². The van der Waals surface area contributed by atoms with E-state index in [1.807, 2.05) is 0 Å². The van der Waals surface area contributed by atoms with Crippen molar-refractivity contribution in [1.29, 1.82) is 0 Å². The first-order valence-electron chi connectivity index (χ1n) is 2.76. The van der Waals surface area contributed by atoms with Gasteiger partial charge in [0.2, 0.25) is 0 Å². The molecule has 0 bridgehead atoms. The molecule has 0 aliphatic rings. The Kier molecular flexibility index (Phi) is 2.38. The topological polar surface area (TPSA) is 95.0 Å². The molecule has 66 valence electrons. The number of carbonyl (C=O) groups is 1. The second-order valence-corrected chi connectivity index (χ2v) is 5.30. The van der Waals surface area contributed by atoms with Gasteiger partial charge in [0.15, 0.2) is 0 Å². The Morgan fingerprint density at radius 2 is 2.25 bits per heavy atom. The molecule has 12 heavy (non-hydrogen) atoms. The van der Waals surface area contributed by atoms with E-state index in [-0.39, 0.29) is 10.8 Å². The summed E-state index contributed by atoms with van der Waals surface area (Å²) in [5.74, 6) is 0. The molecule has 0 aromatic carbocycles. The Bertz CT molecular complexity index is 368. The zero-order valence-electron chi connectivity index (χ0n) is 5.75. The van der Waals surface area contributed by atoms with Crippen LogP contribution in [0, 0.1) is 0 Å². The number of nitrogens with two attached hydrogens (primary N) is 1. The van der Waals surface area contributed by atoms with E-state index in [2.05, 4.69) is 10.8 Å². The zero-order valence-corrected chi connectivity index (χ0v) is 7.38. The molecule has 0 atom stereocenters. The fourth-order valence-electron chi connectivity index (χ4n) is 0.529. The lowest BCUT2D eigenvalue weighted by atomic mass is 10.8. The Morgan fingerprint density at radius 1 is 1.58 bits per heavy atom. The van der Waals surface area contributed by atoms with Crippen molar-refractivity contribution >= 4 is 25.1 Å². The lowest BCUT2D eigenvalue weighted by Crippen LogP contribution is -2.14. The largest absolute Gasteiger partial charge is 0.360 e. The number of primary amides is 1. The van der Waals surface area contributed by atoms with E-state index in [0.717, 1.165) is 0 Å². The number of hydrogen-bond donors (Lipinski definition) is 1. The Hall–Kier alpha value is -1.02. The van der Waals surface area contributed by atoms with Crippen LogP contribution < -0.4 is 5.73 Å². The van der Waals surface area contributed by atoms with Crippen molar-refractivity contribution in [3.05, 3.63) is 18.5 Å². The van der Waals surface area contributed by atoms with E-state index in [9.17, 15) is 13.2 Å². The third kappa shape index (κ3) is 1.98. The van der Waals surface area contributed by atoms with Gasteiger partial charge in [0.25, 0.3) is 5.24 Å². The van der Waals surface area contributed by atoms with Crippen molar-refractivity contribution in [2.75, 3.05) is 0 Å². The fourth-order valence-corrected chi connectivity index (χ4v) is 2.32. The summed E-state index contributed by atoms with van der Waals surface area (Å²) in [6.07, 6.45) is 2.50. The van der Waals surface area contributed by atoms with E-state index < -0.39 is 14.3 Å². The van der Waals surface area contributed by atoms with Crippen molar-refractivity contribution in [2.45, 2.75) is 0 Å². The van der Waals surface area contributed by atoms with E-state index in [1.54, 1.807) is 0 Å². The molecule has 0 saturated heterocycles. The standard InChI is InChI=1S/C4H5N3O3S2/c5-4(8)11-12(9,10)7-3-1-2-6-7/h1-3H,(H2,5,8). The molecular weight excluding hydrogens is 202 g/mol. The van der Waals surface area contributed by atoms with E-state index in [1.165, 1.54) is 18.5 Å². The molecule has 0 spiro atoms. The highest BCUT2D eigenvalue weighted by Gasteiger charge is 2.17. The highest BCUT2D eigenvalue weighted by Crippen LogP contribution is 2.13. The molecule has 0 radical (unpaired) electrons. The average molecular weight is 207 g/mol. The molecule has 1 aromatic heterocycles.